The number of imidazole rings is 1. The quantitative estimate of drug-likeness (QED) is 0.624. The summed E-state index contributed by atoms with van der Waals surface area (Å²) in [6, 6.07) is 4.14. The molecule has 2 heterocycles. The molecule has 5 heteroatoms. The summed E-state index contributed by atoms with van der Waals surface area (Å²) in [4.78, 5) is 8.95. The van der Waals surface area contributed by atoms with Gasteiger partial charge >= 0.3 is 0 Å². The molecule has 2 rings (SSSR count). The Labute approximate surface area is 120 Å². The van der Waals surface area contributed by atoms with E-state index in [2.05, 4.69) is 33.0 Å². The Kier molecular flexibility index (Phi) is 4.87. The number of hydrogen-bond acceptors (Lipinski definition) is 4. The van der Waals surface area contributed by atoms with Crippen molar-refractivity contribution < 1.29 is 0 Å². The van der Waals surface area contributed by atoms with Gasteiger partial charge in [0, 0.05) is 36.7 Å². The molecule has 1 atom stereocenters. The minimum Gasteiger partial charge on any atom is -0.335 e. The van der Waals surface area contributed by atoms with E-state index in [1.807, 2.05) is 32.3 Å². The summed E-state index contributed by atoms with van der Waals surface area (Å²) in [5.74, 6) is 6.79. The lowest BCUT2D eigenvalue weighted by Crippen LogP contribution is -2.31. The minimum absolute atomic E-state index is 0.0288. The van der Waals surface area contributed by atoms with Gasteiger partial charge in [0.15, 0.2) is 0 Å². The van der Waals surface area contributed by atoms with Crippen LogP contribution in [-0.4, -0.2) is 14.5 Å². The SMILES string of the molecule is CCCn1ccnc1CC(NN)c1ccc(C)nc1C. The van der Waals surface area contributed by atoms with Gasteiger partial charge in [-0.3, -0.25) is 16.3 Å². The predicted molar refractivity (Wildman–Crippen MR) is 80.0 cm³/mol. The average Bonchev–Trinajstić information content (AvgIpc) is 2.84. The van der Waals surface area contributed by atoms with Crippen LogP contribution in [0, 0.1) is 13.8 Å². The molecule has 0 aliphatic rings. The number of aryl methyl sites for hydroxylation is 3. The molecule has 1 unspecified atom stereocenters. The molecular weight excluding hydrogens is 250 g/mol. The maximum absolute atomic E-state index is 5.74. The van der Waals surface area contributed by atoms with Crippen molar-refractivity contribution in [2.75, 3.05) is 0 Å². The number of hydrogen-bond donors (Lipinski definition) is 2. The Morgan fingerprint density at radius 3 is 2.80 bits per heavy atom. The predicted octanol–water partition coefficient (Wildman–Crippen LogP) is 2.05. The third-order valence-corrected chi connectivity index (χ3v) is 3.50. The van der Waals surface area contributed by atoms with Crippen molar-refractivity contribution in [1.29, 1.82) is 0 Å². The number of aromatic nitrogens is 3. The van der Waals surface area contributed by atoms with Crippen LogP contribution in [0.1, 0.15) is 42.2 Å². The van der Waals surface area contributed by atoms with Crippen LogP contribution in [0.3, 0.4) is 0 Å². The van der Waals surface area contributed by atoms with Crippen LogP contribution >= 0.6 is 0 Å². The molecule has 0 radical (unpaired) electrons. The van der Waals surface area contributed by atoms with E-state index in [1.165, 1.54) is 0 Å². The van der Waals surface area contributed by atoms with E-state index in [0.29, 0.717) is 0 Å². The molecule has 2 aromatic rings. The smallest absolute Gasteiger partial charge is 0.110 e. The van der Waals surface area contributed by atoms with Crippen molar-refractivity contribution in [2.24, 2.45) is 5.84 Å². The summed E-state index contributed by atoms with van der Waals surface area (Å²) in [6.07, 6.45) is 5.72. The number of hydrazine groups is 1. The van der Waals surface area contributed by atoms with Crippen molar-refractivity contribution in [1.82, 2.24) is 20.0 Å². The molecule has 0 fully saturated rings. The highest BCUT2D eigenvalue weighted by Crippen LogP contribution is 2.20. The number of rotatable bonds is 6. The summed E-state index contributed by atoms with van der Waals surface area (Å²) >= 11 is 0. The molecule has 2 aromatic heterocycles. The minimum atomic E-state index is 0.0288. The molecule has 0 saturated heterocycles. The maximum atomic E-state index is 5.74. The van der Waals surface area contributed by atoms with Crippen LogP contribution in [0.4, 0.5) is 0 Å². The Balaban J connectivity index is 2.22. The zero-order valence-electron chi connectivity index (χ0n) is 12.4. The molecule has 0 saturated carbocycles. The molecule has 3 N–H and O–H groups in total. The van der Waals surface area contributed by atoms with Crippen molar-refractivity contribution in [3.05, 3.63) is 47.3 Å². The molecule has 0 amide bonds. The lowest BCUT2D eigenvalue weighted by atomic mass is 10.0. The van der Waals surface area contributed by atoms with Gasteiger partial charge in [0.1, 0.15) is 5.82 Å². The molecular formula is C15H23N5. The summed E-state index contributed by atoms with van der Waals surface area (Å²) in [5.41, 5.74) is 6.06. The standard InChI is InChI=1S/C15H23N5/c1-4-8-20-9-7-17-15(20)10-14(19-16)13-6-5-11(2)18-12(13)3/h5-7,9,14,19H,4,8,10,16H2,1-3H3. The second-order valence-corrected chi connectivity index (χ2v) is 5.09. The van der Waals surface area contributed by atoms with Crippen molar-refractivity contribution in [3.63, 3.8) is 0 Å². The van der Waals surface area contributed by atoms with Gasteiger partial charge in [-0.2, -0.15) is 0 Å². The van der Waals surface area contributed by atoms with Crippen molar-refractivity contribution in [3.8, 4) is 0 Å². The van der Waals surface area contributed by atoms with E-state index >= 15 is 0 Å². The molecule has 0 aromatic carbocycles. The first-order valence-electron chi connectivity index (χ1n) is 7.06. The van der Waals surface area contributed by atoms with Crippen molar-refractivity contribution in [2.45, 2.75) is 46.2 Å². The van der Waals surface area contributed by atoms with Crippen LogP contribution in [0.5, 0.6) is 0 Å². The zero-order chi connectivity index (χ0) is 14.5. The normalized spacial score (nSPS) is 12.6. The number of nitrogens with two attached hydrogens (primary N) is 1. The average molecular weight is 273 g/mol. The Morgan fingerprint density at radius 2 is 2.15 bits per heavy atom. The fourth-order valence-electron chi connectivity index (χ4n) is 2.48. The molecule has 0 aliphatic carbocycles. The molecule has 108 valence electrons. The van der Waals surface area contributed by atoms with Gasteiger partial charge in [0.2, 0.25) is 0 Å². The number of pyridine rings is 1. The molecule has 0 aliphatic heterocycles. The van der Waals surface area contributed by atoms with Gasteiger partial charge in [0.25, 0.3) is 0 Å². The Hall–Kier alpha value is -1.72. The van der Waals surface area contributed by atoms with E-state index < -0.39 is 0 Å². The van der Waals surface area contributed by atoms with Crippen molar-refractivity contribution >= 4 is 0 Å². The van der Waals surface area contributed by atoms with E-state index in [0.717, 1.165) is 42.2 Å². The second kappa shape index (κ2) is 6.63. The van der Waals surface area contributed by atoms with Crippen LogP contribution in [-0.2, 0) is 13.0 Å². The van der Waals surface area contributed by atoms with E-state index in [9.17, 15) is 0 Å². The first-order valence-corrected chi connectivity index (χ1v) is 7.06. The third kappa shape index (κ3) is 3.23. The van der Waals surface area contributed by atoms with E-state index in [4.69, 9.17) is 5.84 Å². The first-order chi connectivity index (χ1) is 9.65. The van der Waals surface area contributed by atoms with Gasteiger partial charge in [-0.1, -0.05) is 13.0 Å². The zero-order valence-corrected chi connectivity index (χ0v) is 12.4. The summed E-state index contributed by atoms with van der Waals surface area (Å²) in [5, 5.41) is 0. The monoisotopic (exact) mass is 273 g/mol. The van der Waals surface area contributed by atoms with Gasteiger partial charge in [-0.25, -0.2) is 4.98 Å². The summed E-state index contributed by atoms with van der Waals surface area (Å²) in [6.45, 7) is 7.16. The number of nitrogens with zero attached hydrogens (tertiary/aromatic N) is 3. The highest BCUT2D eigenvalue weighted by Gasteiger charge is 2.16. The van der Waals surface area contributed by atoms with Gasteiger partial charge in [0.05, 0.1) is 6.04 Å². The largest absolute Gasteiger partial charge is 0.335 e. The van der Waals surface area contributed by atoms with Gasteiger partial charge in [-0.05, 0) is 31.9 Å². The Bertz CT molecular complexity index is 561. The highest BCUT2D eigenvalue weighted by molar-refractivity contribution is 5.26. The topological polar surface area (TPSA) is 68.8 Å². The molecule has 0 spiro atoms. The third-order valence-electron chi connectivity index (χ3n) is 3.50. The summed E-state index contributed by atoms with van der Waals surface area (Å²) < 4.78 is 2.18. The second-order valence-electron chi connectivity index (χ2n) is 5.09. The lowest BCUT2D eigenvalue weighted by molar-refractivity contribution is 0.513. The molecule has 0 bridgehead atoms. The maximum Gasteiger partial charge on any atom is 0.110 e. The first kappa shape index (κ1) is 14.7. The van der Waals surface area contributed by atoms with Crippen LogP contribution in [0.2, 0.25) is 0 Å². The van der Waals surface area contributed by atoms with Crippen LogP contribution < -0.4 is 11.3 Å². The van der Waals surface area contributed by atoms with Crippen LogP contribution in [0.25, 0.3) is 0 Å². The fraction of sp³-hybridized carbons (Fsp3) is 0.467. The highest BCUT2D eigenvalue weighted by atomic mass is 15.2. The lowest BCUT2D eigenvalue weighted by Gasteiger charge is -2.18. The molecule has 20 heavy (non-hydrogen) atoms. The van der Waals surface area contributed by atoms with Gasteiger partial charge in [-0.15, -0.1) is 0 Å². The molecule has 5 nitrogen and oxygen atoms in total. The van der Waals surface area contributed by atoms with E-state index in [-0.39, 0.29) is 6.04 Å². The fourth-order valence-corrected chi connectivity index (χ4v) is 2.48. The number of nitrogens with one attached hydrogen (secondary N) is 1. The van der Waals surface area contributed by atoms with E-state index in [1.54, 1.807) is 0 Å². The summed E-state index contributed by atoms with van der Waals surface area (Å²) in [7, 11) is 0. The van der Waals surface area contributed by atoms with Gasteiger partial charge < -0.3 is 4.57 Å². The Morgan fingerprint density at radius 1 is 1.35 bits per heavy atom. The van der Waals surface area contributed by atoms with Crippen LogP contribution in [0.15, 0.2) is 24.5 Å².